The number of amides is 1. The van der Waals surface area contributed by atoms with E-state index in [1.165, 1.54) is 5.56 Å². The molecule has 1 atom stereocenters. The molecule has 0 aliphatic carbocycles. The summed E-state index contributed by atoms with van der Waals surface area (Å²) in [6.45, 7) is 5.65. The predicted molar refractivity (Wildman–Crippen MR) is 104 cm³/mol. The van der Waals surface area contributed by atoms with E-state index in [2.05, 4.69) is 31.3 Å². The Balaban J connectivity index is 1.58. The minimum Gasteiger partial charge on any atom is -0.489 e. The van der Waals surface area contributed by atoms with E-state index in [1.54, 1.807) is 0 Å². The highest BCUT2D eigenvalue weighted by Crippen LogP contribution is 2.25. The third-order valence-electron chi connectivity index (χ3n) is 4.62. The van der Waals surface area contributed by atoms with Crippen molar-refractivity contribution in [2.45, 2.75) is 45.1 Å². The third kappa shape index (κ3) is 5.09. The monoisotopic (exact) mass is 353 g/mol. The molecule has 1 fully saturated rings. The highest BCUT2D eigenvalue weighted by Gasteiger charge is 2.17. The summed E-state index contributed by atoms with van der Waals surface area (Å²) in [5.41, 5.74) is 2.99. The van der Waals surface area contributed by atoms with Crippen LogP contribution in [0.15, 0.2) is 48.5 Å². The number of hydrogen-bond donors (Lipinski definition) is 1. The molecule has 4 heteroatoms. The lowest BCUT2D eigenvalue weighted by molar-refractivity contribution is -0.115. The van der Waals surface area contributed by atoms with Gasteiger partial charge in [0.15, 0.2) is 0 Å². The molecule has 0 bridgehead atoms. The maximum Gasteiger partial charge on any atom is 0.228 e. The largest absolute Gasteiger partial charge is 0.489 e. The van der Waals surface area contributed by atoms with Gasteiger partial charge >= 0.3 is 0 Å². The molecule has 4 nitrogen and oxygen atoms in total. The first-order valence-corrected chi connectivity index (χ1v) is 9.34. The molecule has 3 rings (SSSR count). The van der Waals surface area contributed by atoms with Crippen molar-refractivity contribution in [3.63, 3.8) is 0 Å². The fraction of sp³-hybridized carbons (Fsp3) is 0.409. The predicted octanol–water partition coefficient (Wildman–Crippen LogP) is 4.55. The molecule has 0 aromatic heterocycles. The Bertz CT molecular complexity index is 718. The van der Waals surface area contributed by atoms with Gasteiger partial charge in [0, 0.05) is 6.61 Å². The van der Waals surface area contributed by atoms with E-state index in [0.717, 1.165) is 25.0 Å². The van der Waals surface area contributed by atoms with Crippen molar-refractivity contribution in [3.8, 4) is 5.75 Å². The van der Waals surface area contributed by atoms with Gasteiger partial charge in [0.25, 0.3) is 0 Å². The molecule has 2 aromatic carbocycles. The van der Waals surface area contributed by atoms with E-state index in [-0.39, 0.29) is 12.0 Å². The van der Waals surface area contributed by atoms with E-state index in [0.29, 0.717) is 30.4 Å². The standard InChI is InChI=1S/C22H27NO3/c1-16(2)18-11-9-17(10-12-18)14-22(24)23-20-7-3-4-8-21(20)26-15-19-6-5-13-25-19/h3-4,7-12,16,19H,5-6,13-15H2,1-2H3,(H,23,24). The van der Waals surface area contributed by atoms with Gasteiger partial charge in [-0.05, 0) is 42.0 Å². The molecule has 0 saturated carbocycles. The summed E-state index contributed by atoms with van der Waals surface area (Å²) < 4.78 is 11.5. The highest BCUT2D eigenvalue weighted by molar-refractivity contribution is 5.93. The van der Waals surface area contributed by atoms with Gasteiger partial charge in [-0.1, -0.05) is 50.2 Å². The van der Waals surface area contributed by atoms with Crippen molar-refractivity contribution in [1.29, 1.82) is 0 Å². The average molecular weight is 353 g/mol. The molecule has 1 heterocycles. The molecule has 1 saturated heterocycles. The van der Waals surface area contributed by atoms with Gasteiger partial charge in [-0.3, -0.25) is 4.79 Å². The number of para-hydroxylation sites is 2. The van der Waals surface area contributed by atoms with Crippen molar-refractivity contribution in [2.24, 2.45) is 0 Å². The van der Waals surface area contributed by atoms with Crippen LogP contribution in [0.2, 0.25) is 0 Å². The van der Waals surface area contributed by atoms with E-state index >= 15 is 0 Å². The SMILES string of the molecule is CC(C)c1ccc(CC(=O)Nc2ccccc2OCC2CCCO2)cc1. The van der Waals surface area contributed by atoms with Crippen molar-refractivity contribution in [1.82, 2.24) is 0 Å². The summed E-state index contributed by atoms with van der Waals surface area (Å²) in [6, 6.07) is 15.8. The zero-order chi connectivity index (χ0) is 18.4. The van der Waals surface area contributed by atoms with Gasteiger partial charge in [0.2, 0.25) is 5.91 Å². The number of carbonyl (C=O) groups is 1. The first-order chi connectivity index (χ1) is 12.6. The van der Waals surface area contributed by atoms with Crippen LogP contribution in [0.1, 0.15) is 43.7 Å². The summed E-state index contributed by atoms with van der Waals surface area (Å²) in [5.74, 6) is 1.13. The number of ether oxygens (including phenoxy) is 2. The molecule has 0 spiro atoms. The third-order valence-corrected chi connectivity index (χ3v) is 4.62. The van der Waals surface area contributed by atoms with E-state index < -0.39 is 0 Å². The van der Waals surface area contributed by atoms with Gasteiger partial charge in [0.05, 0.1) is 18.2 Å². The first kappa shape index (κ1) is 18.5. The van der Waals surface area contributed by atoms with Gasteiger partial charge in [0.1, 0.15) is 12.4 Å². The smallest absolute Gasteiger partial charge is 0.228 e. The van der Waals surface area contributed by atoms with Crippen molar-refractivity contribution >= 4 is 11.6 Å². The Kier molecular flexibility index (Phi) is 6.29. The first-order valence-electron chi connectivity index (χ1n) is 9.34. The molecular formula is C22H27NO3. The number of benzene rings is 2. The van der Waals surface area contributed by atoms with Gasteiger partial charge < -0.3 is 14.8 Å². The van der Waals surface area contributed by atoms with Crippen LogP contribution in [0.25, 0.3) is 0 Å². The second kappa shape index (κ2) is 8.86. The molecule has 1 N–H and O–H groups in total. The molecule has 2 aromatic rings. The van der Waals surface area contributed by atoms with Crippen LogP contribution in [-0.4, -0.2) is 25.2 Å². The summed E-state index contributed by atoms with van der Waals surface area (Å²) in [6.07, 6.45) is 2.61. The normalized spacial score (nSPS) is 16.7. The number of nitrogens with one attached hydrogen (secondary N) is 1. The van der Waals surface area contributed by atoms with E-state index in [9.17, 15) is 4.79 Å². The molecular weight excluding hydrogens is 326 g/mol. The van der Waals surface area contributed by atoms with E-state index in [4.69, 9.17) is 9.47 Å². The van der Waals surface area contributed by atoms with Crippen molar-refractivity contribution in [2.75, 3.05) is 18.5 Å². The number of rotatable bonds is 7. The molecule has 1 unspecified atom stereocenters. The van der Waals surface area contributed by atoms with Gasteiger partial charge in [-0.25, -0.2) is 0 Å². The summed E-state index contributed by atoms with van der Waals surface area (Å²) in [5, 5.41) is 2.97. The number of carbonyl (C=O) groups excluding carboxylic acids is 1. The Morgan fingerprint density at radius 3 is 2.65 bits per heavy atom. The van der Waals surface area contributed by atoms with Crippen molar-refractivity contribution < 1.29 is 14.3 Å². The minimum absolute atomic E-state index is 0.0459. The highest BCUT2D eigenvalue weighted by atomic mass is 16.5. The maximum atomic E-state index is 12.4. The van der Waals surface area contributed by atoms with Crippen LogP contribution in [-0.2, 0) is 16.0 Å². The zero-order valence-electron chi connectivity index (χ0n) is 15.5. The molecule has 1 aliphatic rings. The van der Waals surface area contributed by atoms with E-state index in [1.807, 2.05) is 36.4 Å². The maximum absolute atomic E-state index is 12.4. The molecule has 1 aliphatic heterocycles. The number of anilines is 1. The Morgan fingerprint density at radius 2 is 1.96 bits per heavy atom. The lowest BCUT2D eigenvalue weighted by Crippen LogP contribution is -2.18. The van der Waals surface area contributed by atoms with Crippen LogP contribution < -0.4 is 10.1 Å². The zero-order valence-corrected chi connectivity index (χ0v) is 15.5. The van der Waals surface area contributed by atoms with Crippen molar-refractivity contribution in [3.05, 3.63) is 59.7 Å². The van der Waals surface area contributed by atoms with Crippen LogP contribution in [0.5, 0.6) is 5.75 Å². The second-order valence-corrected chi connectivity index (χ2v) is 7.06. The Labute approximate surface area is 155 Å². The fourth-order valence-corrected chi connectivity index (χ4v) is 3.05. The van der Waals surface area contributed by atoms with Gasteiger partial charge in [-0.15, -0.1) is 0 Å². The average Bonchev–Trinajstić information content (AvgIpc) is 3.15. The summed E-state index contributed by atoms with van der Waals surface area (Å²) in [4.78, 5) is 12.4. The fourth-order valence-electron chi connectivity index (χ4n) is 3.05. The van der Waals surface area contributed by atoms with Gasteiger partial charge in [-0.2, -0.15) is 0 Å². The molecule has 26 heavy (non-hydrogen) atoms. The lowest BCUT2D eigenvalue weighted by Gasteiger charge is -2.15. The molecule has 1 amide bonds. The van der Waals surface area contributed by atoms with Crippen LogP contribution in [0.4, 0.5) is 5.69 Å². The second-order valence-electron chi connectivity index (χ2n) is 7.06. The molecule has 0 radical (unpaired) electrons. The van der Waals surface area contributed by atoms with Crippen LogP contribution in [0.3, 0.4) is 0 Å². The van der Waals surface area contributed by atoms with Crippen LogP contribution in [0, 0.1) is 0 Å². The Hall–Kier alpha value is -2.33. The summed E-state index contributed by atoms with van der Waals surface area (Å²) in [7, 11) is 0. The number of hydrogen-bond acceptors (Lipinski definition) is 3. The quantitative estimate of drug-likeness (QED) is 0.794. The van der Waals surface area contributed by atoms with Crippen LogP contribution >= 0.6 is 0 Å². The summed E-state index contributed by atoms with van der Waals surface area (Å²) >= 11 is 0. The lowest BCUT2D eigenvalue weighted by atomic mass is 10.0. The minimum atomic E-state index is -0.0459. The topological polar surface area (TPSA) is 47.6 Å². The molecule has 138 valence electrons. The Morgan fingerprint density at radius 1 is 1.19 bits per heavy atom.